The number of likely N-dealkylation sites (tertiary alicyclic amines) is 1. The molecule has 1 atom stereocenters. The fraction of sp³-hybridized carbons (Fsp3) is 0.278. The van der Waals surface area contributed by atoms with Crippen molar-refractivity contribution in [1.82, 2.24) is 4.90 Å². The fourth-order valence-corrected chi connectivity index (χ4v) is 3.44. The van der Waals surface area contributed by atoms with Crippen LogP contribution in [-0.4, -0.2) is 29.9 Å². The lowest BCUT2D eigenvalue weighted by Crippen LogP contribution is -2.31. The van der Waals surface area contributed by atoms with Crippen LogP contribution in [0.3, 0.4) is 0 Å². The van der Waals surface area contributed by atoms with Gasteiger partial charge in [-0.1, -0.05) is 30.3 Å². The minimum Gasteiger partial charge on any atom is -0.337 e. The van der Waals surface area contributed by atoms with Gasteiger partial charge in [0.25, 0.3) is 5.91 Å². The van der Waals surface area contributed by atoms with Gasteiger partial charge >= 0.3 is 0 Å². The Morgan fingerprint density at radius 2 is 1.83 bits per heavy atom. The molecule has 2 aromatic rings. The van der Waals surface area contributed by atoms with E-state index in [0.717, 1.165) is 24.3 Å². The topological polar surface area (TPSA) is 46.3 Å². The van der Waals surface area contributed by atoms with E-state index in [1.54, 1.807) is 11.8 Å². The number of halogens is 1. The number of benzene rings is 2. The highest BCUT2D eigenvalue weighted by atomic mass is 35.5. The van der Waals surface area contributed by atoms with Gasteiger partial charge in [0, 0.05) is 35.3 Å². The predicted molar refractivity (Wildman–Crippen MR) is 98.2 cm³/mol. The van der Waals surface area contributed by atoms with Crippen molar-refractivity contribution in [2.75, 3.05) is 13.1 Å². The first-order valence-corrected chi connectivity index (χ1v) is 8.52. The average molecular weight is 349 g/mol. The van der Waals surface area contributed by atoms with Crippen molar-refractivity contribution < 1.29 is 4.79 Å². The molecule has 1 fully saturated rings. The van der Waals surface area contributed by atoms with E-state index in [1.165, 1.54) is 10.5 Å². The molecule has 2 aromatic carbocycles. The van der Waals surface area contributed by atoms with Gasteiger partial charge in [-0.15, -0.1) is 24.2 Å². The highest BCUT2D eigenvalue weighted by molar-refractivity contribution is 7.98. The van der Waals surface area contributed by atoms with Gasteiger partial charge in [0.1, 0.15) is 0 Å². The number of hydrogen-bond acceptors (Lipinski definition) is 3. The molecule has 23 heavy (non-hydrogen) atoms. The Bertz CT molecular complexity index is 633. The molecule has 1 heterocycles. The standard InChI is InChI=1S/C18H20N2OS.ClH/c19-16-10-11-20(12-16)18(21)15-6-8-17(9-7-15)22-13-14-4-2-1-3-5-14;/h1-9,16H,10-13,19H2;1H/t16-;/m1./s1. The number of carbonyl (C=O) groups excluding carboxylic acids is 1. The molecule has 3 nitrogen and oxygen atoms in total. The van der Waals surface area contributed by atoms with Gasteiger partial charge in [0.05, 0.1) is 0 Å². The zero-order valence-corrected chi connectivity index (χ0v) is 14.5. The number of nitrogens with two attached hydrogens (primary N) is 1. The van der Waals surface area contributed by atoms with Gasteiger partial charge < -0.3 is 10.6 Å². The molecule has 0 spiro atoms. The van der Waals surface area contributed by atoms with Crippen molar-refractivity contribution in [3.8, 4) is 0 Å². The number of thioether (sulfide) groups is 1. The summed E-state index contributed by atoms with van der Waals surface area (Å²) in [6.07, 6.45) is 0.900. The summed E-state index contributed by atoms with van der Waals surface area (Å²) in [5, 5.41) is 0. The average Bonchev–Trinajstić information content (AvgIpc) is 3.00. The van der Waals surface area contributed by atoms with Crippen molar-refractivity contribution in [1.29, 1.82) is 0 Å². The summed E-state index contributed by atoms with van der Waals surface area (Å²) in [5.41, 5.74) is 7.92. The number of nitrogens with zero attached hydrogens (tertiary/aromatic N) is 1. The summed E-state index contributed by atoms with van der Waals surface area (Å²) in [5.74, 6) is 1.03. The van der Waals surface area contributed by atoms with Gasteiger partial charge in [-0.3, -0.25) is 4.79 Å². The van der Waals surface area contributed by atoms with Gasteiger partial charge in [-0.25, -0.2) is 0 Å². The highest BCUT2D eigenvalue weighted by Gasteiger charge is 2.24. The van der Waals surface area contributed by atoms with Crippen molar-refractivity contribution in [2.24, 2.45) is 5.73 Å². The Labute approximate surface area is 147 Å². The smallest absolute Gasteiger partial charge is 0.253 e. The molecule has 3 rings (SSSR count). The van der Waals surface area contributed by atoms with Crippen LogP contribution in [0.5, 0.6) is 0 Å². The Hall–Kier alpha value is -1.49. The van der Waals surface area contributed by atoms with E-state index in [4.69, 9.17) is 5.73 Å². The molecule has 0 radical (unpaired) electrons. The lowest BCUT2D eigenvalue weighted by Gasteiger charge is -2.15. The third-order valence-electron chi connectivity index (χ3n) is 3.86. The van der Waals surface area contributed by atoms with Crippen LogP contribution in [0, 0.1) is 0 Å². The van der Waals surface area contributed by atoms with E-state index in [1.807, 2.05) is 35.2 Å². The Morgan fingerprint density at radius 1 is 1.13 bits per heavy atom. The SMILES string of the molecule is Cl.N[C@@H]1CCN(C(=O)c2ccc(SCc3ccccc3)cc2)C1. The minimum atomic E-state index is 0. The first-order chi connectivity index (χ1) is 10.7. The zero-order chi connectivity index (χ0) is 15.4. The monoisotopic (exact) mass is 348 g/mol. The number of carbonyl (C=O) groups is 1. The van der Waals surface area contributed by atoms with E-state index < -0.39 is 0 Å². The van der Waals surface area contributed by atoms with E-state index in [-0.39, 0.29) is 24.4 Å². The van der Waals surface area contributed by atoms with Crippen LogP contribution in [-0.2, 0) is 5.75 Å². The molecule has 2 N–H and O–H groups in total. The maximum Gasteiger partial charge on any atom is 0.253 e. The van der Waals surface area contributed by atoms with Gasteiger partial charge in [-0.05, 0) is 36.2 Å². The molecule has 1 aliphatic heterocycles. The molecule has 1 aliphatic rings. The minimum absolute atomic E-state index is 0. The Kier molecular flexibility index (Phi) is 6.51. The lowest BCUT2D eigenvalue weighted by molar-refractivity contribution is 0.0791. The highest BCUT2D eigenvalue weighted by Crippen LogP contribution is 2.23. The van der Waals surface area contributed by atoms with E-state index >= 15 is 0 Å². The lowest BCUT2D eigenvalue weighted by atomic mass is 10.2. The van der Waals surface area contributed by atoms with Crippen LogP contribution in [0.2, 0.25) is 0 Å². The molecule has 0 bridgehead atoms. The van der Waals surface area contributed by atoms with Gasteiger partial charge in [0.2, 0.25) is 0 Å². The number of rotatable bonds is 4. The molecule has 1 amide bonds. The zero-order valence-electron chi connectivity index (χ0n) is 12.9. The van der Waals surface area contributed by atoms with Crippen LogP contribution in [0.4, 0.5) is 0 Å². The van der Waals surface area contributed by atoms with E-state index in [9.17, 15) is 4.79 Å². The molecule has 0 saturated carbocycles. The van der Waals surface area contributed by atoms with Gasteiger partial charge in [0.15, 0.2) is 0 Å². The molecule has 0 aliphatic carbocycles. The number of amides is 1. The number of hydrogen-bond donors (Lipinski definition) is 1. The van der Waals surface area contributed by atoms with E-state index in [0.29, 0.717) is 6.54 Å². The summed E-state index contributed by atoms with van der Waals surface area (Å²) in [6, 6.07) is 18.4. The van der Waals surface area contributed by atoms with Crippen molar-refractivity contribution in [2.45, 2.75) is 23.1 Å². The molecule has 0 aromatic heterocycles. The molecular formula is C18H21ClN2OS. The van der Waals surface area contributed by atoms with Crippen LogP contribution in [0.25, 0.3) is 0 Å². The Balaban J connectivity index is 0.00000192. The summed E-state index contributed by atoms with van der Waals surface area (Å²) in [4.78, 5) is 15.4. The van der Waals surface area contributed by atoms with Crippen molar-refractivity contribution in [3.63, 3.8) is 0 Å². The van der Waals surface area contributed by atoms with Crippen LogP contribution in [0.1, 0.15) is 22.3 Å². The molecule has 1 saturated heterocycles. The second-order valence-corrected chi connectivity index (χ2v) is 6.65. The first-order valence-electron chi connectivity index (χ1n) is 7.54. The molecular weight excluding hydrogens is 328 g/mol. The summed E-state index contributed by atoms with van der Waals surface area (Å²) in [7, 11) is 0. The third-order valence-corrected chi connectivity index (χ3v) is 4.94. The second-order valence-electron chi connectivity index (χ2n) is 5.60. The second kappa shape index (κ2) is 8.39. The molecule has 5 heteroatoms. The third kappa shape index (κ3) is 4.74. The largest absolute Gasteiger partial charge is 0.337 e. The Morgan fingerprint density at radius 3 is 2.43 bits per heavy atom. The summed E-state index contributed by atoms with van der Waals surface area (Å²) < 4.78 is 0. The molecule has 122 valence electrons. The van der Waals surface area contributed by atoms with Crippen LogP contribution in [0.15, 0.2) is 59.5 Å². The van der Waals surface area contributed by atoms with Crippen molar-refractivity contribution >= 4 is 30.1 Å². The first kappa shape index (κ1) is 17.9. The summed E-state index contributed by atoms with van der Waals surface area (Å²) in [6.45, 7) is 1.44. The maximum atomic E-state index is 12.3. The van der Waals surface area contributed by atoms with Crippen LogP contribution < -0.4 is 5.73 Å². The van der Waals surface area contributed by atoms with Crippen molar-refractivity contribution in [3.05, 3.63) is 65.7 Å². The van der Waals surface area contributed by atoms with Crippen LogP contribution >= 0.6 is 24.2 Å². The fourth-order valence-electron chi connectivity index (χ4n) is 2.59. The molecule has 0 unspecified atom stereocenters. The predicted octanol–water partition coefficient (Wildman–Crippen LogP) is 3.57. The van der Waals surface area contributed by atoms with Gasteiger partial charge in [-0.2, -0.15) is 0 Å². The quantitative estimate of drug-likeness (QED) is 0.859. The van der Waals surface area contributed by atoms with E-state index in [2.05, 4.69) is 24.3 Å². The summed E-state index contributed by atoms with van der Waals surface area (Å²) >= 11 is 1.78. The normalized spacial score (nSPS) is 16.9. The maximum absolute atomic E-state index is 12.3.